The molecule has 0 amide bonds. The molecule has 0 aromatic heterocycles. The Balaban J connectivity index is 2.90. The van der Waals surface area contributed by atoms with E-state index in [2.05, 4.69) is 11.8 Å². The van der Waals surface area contributed by atoms with Crippen LogP contribution in [0.5, 0.6) is 0 Å². The van der Waals surface area contributed by atoms with Crippen molar-refractivity contribution in [3.05, 3.63) is 35.1 Å². The van der Waals surface area contributed by atoms with Gasteiger partial charge in [-0.25, -0.2) is 4.39 Å². The number of hydrogen-bond acceptors (Lipinski definition) is 1. The van der Waals surface area contributed by atoms with Crippen LogP contribution in [0.15, 0.2) is 18.2 Å². The monoisotopic (exact) mass is 206 g/mol. The van der Waals surface area contributed by atoms with Gasteiger partial charge in [-0.05, 0) is 23.6 Å². The largest absolute Gasteiger partial charge is 0.372 e. The number of rotatable bonds is 2. The molecule has 0 aliphatic carbocycles. The average Bonchev–Trinajstić information content (AvgIpc) is 2.20. The molecule has 0 atom stereocenters. The first kappa shape index (κ1) is 11.7. The molecule has 15 heavy (non-hydrogen) atoms. The van der Waals surface area contributed by atoms with Crippen molar-refractivity contribution in [1.82, 2.24) is 0 Å². The molecular formula is C13H15FO. The van der Waals surface area contributed by atoms with Crippen LogP contribution in [0.1, 0.15) is 30.9 Å². The first-order valence-electron chi connectivity index (χ1n) is 4.92. The lowest BCUT2D eigenvalue weighted by Crippen LogP contribution is -1.91. The summed E-state index contributed by atoms with van der Waals surface area (Å²) >= 11 is 0. The van der Waals surface area contributed by atoms with Crippen LogP contribution in [0, 0.1) is 17.7 Å². The van der Waals surface area contributed by atoms with Crippen molar-refractivity contribution in [3.8, 4) is 11.8 Å². The van der Waals surface area contributed by atoms with Crippen LogP contribution in [0.4, 0.5) is 4.39 Å². The Bertz CT molecular complexity index is 385. The summed E-state index contributed by atoms with van der Waals surface area (Å²) in [5, 5.41) is 0. The van der Waals surface area contributed by atoms with E-state index in [0.717, 1.165) is 5.56 Å². The van der Waals surface area contributed by atoms with E-state index in [9.17, 15) is 4.39 Å². The zero-order valence-corrected chi connectivity index (χ0v) is 9.30. The van der Waals surface area contributed by atoms with Crippen molar-refractivity contribution in [2.24, 2.45) is 0 Å². The lowest BCUT2D eigenvalue weighted by atomic mass is 10.0. The molecule has 1 nitrogen and oxygen atoms in total. The van der Waals surface area contributed by atoms with E-state index < -0.39 is 0 Å². The van der Waals surface area contributed by atoms with E-state index in [1.807, 2.05) is 19.9 Å². The van der Waals surface area contributed by atoms with Crippen molar-refractivity contribution in [2.45, 2.75) is 19.8 Å². The van der Waals surface area contributed by atoms with E-state index >= 15 is 0 Å². The standard InChI is InChI=1S/C13H15FO/c1-10(2)12-7-6-11(13(14)9-12)5-4-8-15-3/h6-7,9-10H,8H2,1-3H3. The van der Waals surface area contributed by atoms with Gasteiger partial charge in [0.2, 0.25) is 0 Å². The summed E-state index contributed by atoms with van der Waals surface area (Å²) in [4.78, 5) is 0. The Hall–Kier alpha value is -1.33. The minimum Gasteiger partial charge on any atom is -0.372 e. The molecule has 1 aromatic rings. The summed E-state index contributed by atoms with van der Waals surface area (Å²) in [6.07, 6.45) is 0. The lowest BCUT2D eigenvalue weighted by molar-refractivity contribution is 0.240. The maximum absolute atomic E-state index is 13.5. The van der Waals surface area contributed by atoms with Gasteiger partial charge in [-0.15, -0.1) is 0 Å². The highest BCUT2D eigenvalue weighted by Crippen LogP contribution is 2.17. The topological polar surface area (TPSA) is 9.23 Å². The minimum absolute atomic E-state index is 0.259. The lowest BCUT2D eigenvalue weighted by Gasteiger charge is -2.05. The van der Waals surface area contributed by atoms with Crippen LogP contribution in [0.3, 0.4) is 0 Å². The smallest absolute Gasteiger partial charge is 0.139 e. The fourth-order valence-corrected chi connectivity index (χ4v) is 1.20. The quantitative estimate of drug-likeness (QED) is 0.676. The summed E-state index contributed by atoms with van der Waals surface area (Å²) in [7, 11) is 1.56. The van der Waals surface area contributed by atoms with Gasteiger partial charge in [0.25, 0.3) is 0 Å². The second kappa shape index (κ2) is 5.53. The van der Waals surface area contributed by atoms with Crippen LogP contribution in [-0.4, -0.2) is 13.7 Å². The Morgan fingerprint density at radius 2 is 2.13 bits per heavy atom. The molecule has 0 radical (unpaired) electrons. The molecule has 0 bridgehead atoms. The fourth-order valence-electron chi connectivity index (χ4n) is 1.20. The number of benzene rings is 1. The zero-order valence-electron chi connectivity index (χ0n) is 9.30. The summed E-state index contributed by atoms with van der Waals surface area (Å²) in [5.41, 5.74) is 1.42. The Morgan fingerprint density at radius 3 is 2.67 bits per heavy atom. The molecule has 1 rings (SSSR count). The molecule has 0 heterocycles. The highest BCUT2D eigenvalue weighted by Gasteiger charge is 2.03. The zero-order chi connectivity index (χ0) is 11.3. The molecule has 0 saturated heterocycles. The van der Waals surface area contributed by atoms with Crippen LogP contribution in [-0.2, 0) is 4.74 Å². The normalized spacial score (nSPS) is 9.93. The van der Waals surface area contributed by atoms with E-state index in [-0.39, 0.29) is 5.82 Å². The highest BCUT2D eigenvalue weighted by atomic mass is 19.1. The van der Waals surface area contributed by atoms with Gasteiger partial charge in [0, 0.05) is 7.11 Å². The molecular weight excluding hydrogens is 191 g/mol. The molecule has 0 aliphatic heterocycles. The Labute approximate surface area is 90.3 Å². The van der Waals surface area contributed by atoms with Gasteiger partial charge >= 0.3 is 0 Å². The first-order chi connectivity index (χ1) is 7.15. The molecule has 80 valence electrons. The molecule has 0 unspecified atom stereocenters. The van der Waals surface area contributed by atoms with E-state index in [0.29, 0.717) is 18.1 Å². The van der Waals surface area contributed by atoms with Crippen LogP contribution in [0.25, 0.3) is 0 Å². The predicted octanol–water partition coefficient (Wildman–Crippen LogP) is 2.95. The molecule has 2 heteroatoms. The number of hydrogen-bond donors (Lipinski definition) is 0. The molecule has 0 N–H and O–H groups in total. The van der Waals surface area contributed by atoms with Crippen LogP contribution in [0.2, 0.25) is 0 Å². The third-order valence-electron chi connectivity index (χ3n) is 2.10. The van der Waals surface area contributed by atoms with Crippen molar-refractivity contribution in [3.63, 3.8) is 0 Å². The summed E-state index contributed by atoms with van der Waals surface area (Å²) < 4.78 is 18.3. The second-order valence-corrected chi connectivity index (χ2v) is 3.63. The van der Waals surface area contributed by atoms with Gasteiger partial charge in [-0.3, -0.25) is 0 Å². The summed E-state index contributed by atoms with van der Waals surface area (Å²) in [6, 6.07) is 5.17. The average molecular weight is 206 g/mol. The fraction of sp³-hybridized carbons (Fsp3) is 0.385. The predicted molar refractivity (Wildman–Crippen MR) is 59.2 cm³/mol. The Kier molecular flexibility index (Phi) is 4.33. The minimum atomic E-state index is -0.259. The van der Waals surface area contributed by atoms with Gasteiger partial charge in [0.1, 0.15) is 12.4 Å². The van der Waals surface area contributed by atoms with E-state index in [4.69, 9.17) is 4.74 Å². The van der Waals surface area contributed by atoms with Gasteiger partial charge < -0.3 is 4.74 Å². The van der Waals surface area contributed by atoms with Crippen LogP contribution >= 0.6 is 0 Å². The first-order valence-corrected chi connectivity index (χ1v) is 4.92. The second-order valence-electron chi connectivity index (χ2n) is 3.63. The third kappa shape index (κ3) is 3.38. The number of ether oxygens (including phenoxy) is 1. The van der Waals surface area contributed by atoms with E-state index in [1.54, 1.807) is 19.2 Å². The maximum Gasteiger partial charge on any atom is 0.139 e. The number of halogens is 1. The van der Waals surface area contributed by atoms with Gasteiger partial charge in [-0.2, -0.15) is 0 Å². The SMILES string of the molecule is COCC#Cc1ccc(C(C)C)cc1F. The third-order valence-corrected chi connectivity index (χ3v) is 2.10. The molecule has 0 saturated carbocycles. The van der Waals surface area contributed by atoms with Crippen molar-refractivity contribution < 1.29 is 9.13 Å². The number of methoxy groups -OCH3 is 1. The molecule has 0 aliphatic rings. The molecule has 0 fully saturated rings. The van der Waals surface area contributed by atoms with Crippen molar-refractivity contribution in [1.29, 1.82) is 0 Å². The van der Waals surface area contributed by atoms with Crippen molar-refractivity contribution in [2.75, 3.05) is 13.7 Å². The highest BCUT2D eigenvalue weighted by molar-refractivity contribution is 5.38. The summed E-state index contributed by atoms with van der Waals surface area (Å²) in [6.45, 7) is 4.39. The maximum atomic E-state index is 13.5. The van der Waals surface area contributed by atoms with Crippen LogP contribution < -0.4 is 0 Å². The molecule has 0 spiro atoms. The van der Waals surface area contributed by atoms with Gasteiger partial charge in [0.05, 0.1) is 5.56 Å². The van der Waals surface area contributed by atoms with Gasteiger partial charge in [0.15, 0.2) is 0 Å². The van der Waals surface area contributed by atoms with Crippen molar-refractivity contribution >= 4 is 0 Å². The Morgan fingerprint density at radius 1 is 1.40 bits per heavy atom. The summed E-state index contributed by atoms with van der Waals surface area (Å²) in [5.74, 6) is 5.53. The van der Waals surface area contributed by atoms with E-state index in [1.165, 1.54) is 0 Å². The van der Waals surface area contributed by atoms with Gasteiger partial charge in [-0.1, -0.05) is 31.8 Å². The molecule has 1 aromatic carbocycles.